The van der Waals surface area contributed by atoms with Gasteiger partial charge in [-0.05, 0) is 32.4 Å². The van der Waals surface area contributed by atoms with Crippen molar-refractivity contribution < 1.29 is 30.0 Å². The van der Waals surface area contributed by atoms with Crippen molar-refractivity contribution in [1.82, 2.24) is 0 Å². The summed E-state index contributed by atoms with van der Waals surface area (Å²) in [5.41, 5.74) is 1.37. The molecule has 0 aliphatic carbocycles. The van der Waals surface area contributed by atoms with Crippen LogP contribution in [0.3, 0.4) is 0 Å². The Labute approximate surface area is 150 Å². The lowest BCUT2D eigenvalue weighted by atomic mass is 9.92. The van der Waals surface area contributed by atoms with E-state index in [2.05, 4.69) is 0 Å². The van der Waals surface area contributed by atoms with Crippen LogP contribution in [0.4, 0.5) is 0 Å². The van der Waals surface area contributed by atoms with Crippen molar-refractivity contribution in [2.75, 3.05) is 0 Å². The van der Waals surface area contributed by atoms with Gasteiger partial charge in [0, 0.05) is 11.6 Å². The molecule has 2 aromatic rings. The van der Waals surface area contributed by atoms with E-state index in [-0.39, 0.29) is 58.3 Å². The number of allylic oxidation sites excluding steroid dienone is 2. The Morgan fingerprint density at radius 2 is 1.81 bits per heavy atom. The van der Waals surface area contributed by atoms with E-state index in [1.54, 1.807) is 0 Å². The summed E-state index contributed by atoms with van der Waals surface area (Å²) in [6, 6.07) is 5.52. The van der Waals surface area contributed by atoms with E-state index in [4.69, 9.17) is 4.74 Å². The molecule has 0 amide bonds. The number of phenolic OH excluding ortho intramolecular Hbond substituents is 4. The third-order valence-electron chi connectivity index (χ3n) is 4.36. The molecular formula is C20H20O6. The van der Waals surface area contributed by atoms with Gasteiger partial charge in [-0.2, -0.15) is 0 Å². The normalized spacial score (nSPS) is 15.9. The highest BCUT2D eigenvalue weighted by atomic mass is 16.5. The molecule has 0 bridgehead atoms. The minimum atomic E-state index is -0.918. The largest absolute Gasteiger partial charge is 0.507 e. The van der Waals surface area contributed by atoms with Crippen molar-refractivity contribution in [1.29, 1.82) is 0 Å². The van der Waals surface area contributed by atoms with E-state index in [0.717, 1.165) is 5.57 Å². The Morgan fingerprint density at radius 1 is 1.15 bits per heavy atom. The third kappa shape index (κ3) is 3.06. The summed E-state index contributed by atoms with van der Waals surface area (Å²) in [5.74, 6) is -1.25. The molecule has 0 saturated heterocycles. The lowest BCUT2D eigenvalue weighted by Gasteiger charge is -2.27. The zero-order chi connectivity index (χ0) is 19.0. The molecule has 0 fully saturated rings. The zero-order valence-corrected chi connectivity index (χ0v) is 14.5. The summed E-state index contributed by atoms with van der Waals surface area (Å²) < 4.78 is 5.72. The van der Waals surface area contributed by atoms with Gasteiger partial charge in [-0.15, -0.1) is 0 Å². The predicted molar refractivity (Wildman–Crippen MR) is 95.0 cm³/mol. The first kappa shape index (κ1) is 17.7. The van der Waals surface area contributed by atoms with Gasteiger partial charge in [0.2, 0.25) is 0 Å². The van der Waals surface area contributed by atoms with Crippen molar-refractivity contribution in [2.45, 2.75) is 32.8 Å². The summed E-state index contributed by atoms with van der Waals surface area (Å²) in [5, 5.41) is 40.7. The fraction of sp³-hybridized carbons (Fsp3) is 0.250. The summed E-state index contributed by atoms with van der Waals surface area (Å²) in [4.78, 5) is 12.6. The van der Waals surface area contributed by atoms with Crippen LogP contribution in [0.2, 0.25) is 0 Å². The van der Waals surface area contributed by atoms with Gasteiger partial charge in [0.15, 0.2) is 5.78 Å². The quantitative estimate of drug-likeness (QED) is 0.624. The van der Waals surface area contributed by atoms with Crippen LogP contribution in [0.25, 0.3) is 0 Å². The minimum absolute atomic E-state index is 0.00566. The van der Waals surface area contributed by atoms with Gasteiger partial charge in [-0.1, -0.05) is 17.7 Å². The number of ether oxygens (including phenoxy) is 1. The van der Waals surface area contributed by atoms with Crippen molar-refractivity contribution in [3.05, 3.63) is 52.6 Å². The lowest BCUT2D eigenvalue weighted by Crippen LogP contribution is -2.21. The molecule has 0 aromatic heterocycles. The molecule has 3 rings (SSSR count). The monoisotopic (exact) mass is 356 g/mol. The van der Waals surface area contributed by atoms with E-state index in [1.807, 2.05) is 19.9 Å². The van der Waals surface area contributed by atoms with E-state index in [9.17, 15) is 25.2 Å². The number of carbonyl (C=O) groups excluding carboxylic acids is 1. The second kappa shape index (κ2) is 6.63. The smallest absolute Gasteiger partial charge is 0.174 e. The van der Waals surface area contributed by atoms with Gasteiger partial charge < -0.3 is 25.2 Å². The third-order valence-corrected chi connectivity index (χ3v) is 4.36. The fourth-order valence-corrected chi connectivity index (χ4v) is 3.04. The first-order chi connectivity index (χ1) is 12.3. The minimum Gasteiger partial charge on any atom is -0.507 e. The number of Topliss-reactive ketones (excluding diaryl/α,β-unsaturated/α-hetero) is 1. The highest BCUT2D eigenvalue weighted by molar-refractivity contribution is 6.03. The maximum atomic E-state index is 12.6. The number of ketones is 1. The van der Waals surface area contributed by atoms with Crippen LogP contribution in [-0.4, -0.2) is 26.2 Å². The summed E-state index contributed by atoms with van der Waals surface area (Å²) in [7, 11) is 0. The molecule has 1 atom stereocenters. The molecule has 0 spiro atoms. The summed E-state index contributed by atoms with van der Waals surface area (Å²) >= 11 is 0. The summed E-state index contributed by atoms with van der Waals surface area (Å²) in [6.45, 7) is 3.79. The van der Waals surface area contributed by atoms with Gasteiger partial charge in [-0.25, -0.2) is 0 Å². The Morgan fingerprint density at radius 3 is 2.42 bits per heavy atom. The summed E-state index contributed by atoms with van der Waals surface area (Å²) in [6.07, 6.45) is 1.04. The Balaban J connectivity index is 2.04. The Kier molecular flexibility index (Phi) is 4.50. The number of carbonyl (C=O) groups is 1. The van der Waals surface area contributed by atoms with Crippen molar-refractivity contribution >= 4 is 5.78 Å². The van der Waals surface area contributed by atoms with E-state index < -0.39 is 11.9 Å². The molecule has 1 aliphatic heterocycles. The van der Waals surface area contributed by atoms with Gasteiger partial charge >= 0.3 is 0 Å². The molecular weight excluding hydrogens is 336 g/mol. The first-order valence-corrected chi connectivity index (χ1v) is 8.21. The average Bonchev–Trinajstić information content (AvgIpc) is 2.53. The number of hydrogen-bond acceptors (Lipinski definition) is 6. The van der Waals surface area contributed by atoms with Crippen molar-refractivity contribution in [3.63, 3.8) is 0 Å². The molecule has 6 heteroatoms. The molecule has 26 heavy (non-hydrogen) atoms. The van der Waals surface area contributed by atoms with Crippen molar-refractivity contribution in [2.24, 2.45) is 0 Å². The maximum absolute atomic E-state index is 12.6. The van der Waals surface area contributed by atoms with Crippen LogP contribution >= 0.6 is 0 Å². The maximum Gasteiger partial charge on any atom is 0.174 e. The SMILES string of the molecule is CC(C)=CCc1c(O)cc2c(c1O)C(=O)CC(c1c(O)cccc1O)O2. The molecule has 0 saturated carbocycles. The van der Waals surface area contributed by atoms with Crippen LogP contribution in [0.15, 0.2) is 35.9 Å². The van der Waals surface area contributed by atoms with Crippen LogP contribution in [0.5, 0.6) is 28.7 Å². The van der Waals surface area contributed by atoms with Gasteiger partial charge in [0.05, 0.1) is 12.0 Å². The van der Waals surface area contributed by atoms with Gasteiger partial charge in [-0.3, -0.25) is 4.79 Å². The van der Waals surface area contributed by atoms with Crippen LogP contribution in [0, 0.1) is 0 Å². The number of aromatic hydroxyl groups is 4. The topological polar surface area (TPSA) is 107 Å². The van der Waals surface area contributed by atoms with Gasteiger partial charge in [0.1, 0.15) is 40.4 Å². The highest BCUT2D eigenvalue weighted by Gasteiger charge is 2.34. The zero-order valence-electron chi connectivity index (χ0n) is 14.5. The van der Waals surface area contributed by atoms with Crippen molar-refractivity contribution in [3.8, 4) is 28.7 Å². The number of fused-ring (bicyclic) bond motifs is 1. The molecule has 4 N–H and O–H groups in total. The second-order valence-electron chi connectivity index (χ2n) is 6.53. The molecule has 1 aliphatic rings. The van der Waals surface area contributed by atoms with E-state index in [0.29, 0.717) is 0 Å². The Bertz CT molecular complexity index is 889. The number of benzene rings is 2. The fourth-order valence-electron chi connectivity index (χ4n) is 3.04. The standard InChI is InChI=1S/C20H20O6/c1-10(2)6-7-11-14(23)8-17-19(20(11)25)15(24)9-16(26-17)18-12(21)4-3-5-13(18)22/h3-6,8,16,21-23,25H,7,9H2,1-2H3. The van der Waals surface area contributed by atoms with E-state index >= 15 is 0 Å². The Hall–Kier alpha value is -3.15. The van der Waals surface area contributed by atoms with Crippen LogP contribution in [-0.2, 0) is 6.42 Å². The molecule has 136 valence electrons. The lowest BCUT2D eigenvalue weighted by molar-refractivity contribution is 0.0838. The predicted octanol–water partition coefficient (Wildman–Crippen LogP) is 3.72. The van der Waals surface area contributed by atoms with Gasteiger partial charge in [0.25, 0.3) is 0 Å². The first-order valence-electron chi connectivity index (χ1n) is 8.21. The molecule has 1 heterocycles. The molecule has 1 unspecified atom stereocenters. The van der Waals surface area contributed by atoms with Crippen LogP contribution in [0.1, 0.15) is 47.9 Å². The highest BCUT2D eigenvalue weighted by Crippen LogP contribution is 2.47. The van der Waals surface area contributed by atoms with Crippen LogP contribution < -0.4 is 4.74 Å². The number of hydrogen-bond donors (Lipinski definition) is 4. The molecule has 6 nitrogen and oxygen atoms in total. The number of phenols is 4. The van der Waals surface area contributed by atoms with E-state index in [1.165, 1.54) is 24.3 Å². The second-order valence-corrected chi connectivity index (χ2v) is 6.53. The number of rotatable bonds is 3. The molecule has 2 aromatic carbocycles. The average molecular weight is 356 g/mol. The molecule has 0 radical (unpaired) electrons.